The topological polar surface area (TPSA) is 49.8 Å². The fourth-order valence-electron chi connectivity index (χ4n) is 2.38. The molecule has 0 radical (unpaired) electrons. The number of rotatable bonds is 4. The van der Waals surface area contributed by atoms with Gasteiger partial charge in [0.2, 0.25) is 0 Å². The third-order valence-corrected chi connectivity index (χ3v) is 3.69. The highest BCUT2D eigenvalue weighted by molar-refractivity contribution is 5.79. The standard InChI is InChI=1S/C13H23F2NO3/c1-4-19-11(17)13(14,15)12(18)6-5-8-16(9-7-12)10(2)3/h10,18H,4-9H2,1-3H3. The molecule has 1 rings (SSSR count). The van der Waals surface area contributed by atoms with Crippen molar-refractivity contribution in [3.8, 4) is 0 Å². The lowest BCUT2D eigenvalue weighted by molar-refractivity contribution is -0.216. The molecule has 0 saturated carbocycles. The zero-order valence-electron chi connectivity index (χ0n) is 11.8. The van der Waals surface area contributed by atoms with Crippen LogP contribution in [0.2, 0.25) is 0 Å². The van der Waals surface area contributed by atoms with Gasteiger partial charge >= 0.3 is 11.9 Å². The lowest BCUT2D eigenvalue weighted by Gasteiger charge is -2.33. The number of ether oxygens (including phenoxy) is 1. The SMILES string of the molecule is CCOC(=O)C(F)(F)C1(O)CCCN(C(C)C)CC1. The van der Waals surface area contributed by atoms with E-state index in [0.29, 0.717) is 19.5 Å². The first-order valence-electron chi connectivity index (χ1n) is 6.76. The maximum absolute atomic E-state index is 14.0. The molecule has 0 aliphatic carbocycles. The molecule has 1 atom stereocenters. The van der Waals surface area contributed by atoms with Gasteiger partial charge in [-0.05, 0) is 46.6 Å². The molecule has 112 valence electrons. The van der Waals surface area contributed by atoms with E-state index in [1.54, 1.807) is 0 Å². The first kappa shape index (κ1) is 16.3. The summed E-state index contributed by atoms with van der Waals surface area (Å²) in [7, 11) is 0. The monoisotopic (exact) mass is 279 g/mol. The molecule has 0 aromatic rings. The van der Waals surface area contributed by atoms with Crippen molar-refractivity contribution >= 4 is 5.97 Å². The van der Waals surface area contributed by atoms with E-state index in [2.05, 4.69) is 4.74 Å². The zero-order chi connectivity index (χ0) is 14.7. The molecular formula is C13H23F2NO3. The van der Waals surface area contributed by atoms with E-state index in [4.69, 9.17) is 0 Å². The number of aliphatic hydroxyl groups is 1. The van der Waals surface area contributed by atoms with E-state index >= 15 is 0 Å². The summed E-state index contributed by atoms with van der Waals surface area (Å²) >= 11 is 0. The quantitative estimate of drug-likeness (QED) is 0.797. The van der Waals surface area contributed by atoms with E-state index < -0.39 is 17.5 Å². The molecule has 1 N–H and O–H groups in total. The van der Waals surface area contributed by atoms with Crippen LogP contribution in [0.25, 0.3) is 0 Å². The van der Waals surface area contributed by atoms with Crippen molar-refractivity contribution in [3.05, 3.63) is 0 Å². The Morgan fingerprint density at radius 1 is 1.42 bits per heavy atom. The molecule has 0 aromatic heterocycles. The summed E-state index contributed by atoms with van der Waals surface area (Å²) in [6.45, 7) is 6.30. The molecule has 19 heavy (non-hydrogen) atoms. The number of hydrogen-bond donors (Lipinski definition) is 1. The fourth-order valence-corrected chi connectivity index (χ4v) is 2.38. The van der Waals surface area contributed by atoms with Gasteiger partial charge in [-0.3, -0.25) is 0 Å². The van der Waals surface area contributed by atoms with Crippen molar-refractivity contribution in [2.75, 3.05) is 19.7 Å². The molecule has 1 unspecified atom stereocenters. The molecule has 1 aliphatic heterocycles. The Labute approximate surface area is 112 Å². The van der Waals surface area contributed by atoms with Gasteiger partial charge in [0, 0.05) is 12.6 Å². The van der Waals surface area contributed by atoms with Gasteiger partial charge in [0.25, 0.3) is 0 Å². The molecule has 1 saturated heterocycles. The molecule has 0 spiro atoms. The van der Waals surface area contributed by atoms with E-state index in [-0.39, 0.29) is 25.5 Å². The number of nitrogens with zero attached hydrogens (tertiary/aromatic N) is 1. The van der Waals surface area contributed by atoms with E-state index in [1.165, 1.54) is 6.92 Å². The van der Waals surface area contributed by atoms with Gasteiger partial charge in [-0.2, -0.15) is 8.78 Å². The van der Waals surface area contributed by atoms with Crippen LogP contribution < -0.4 is 0 Å². The van der Waals surface area contributed by atoms with E-state index in [1.807, 2.05) is 18.7 Å². The van der Waals surface area contributed by atoms with Crippen LogP contribution in [-0.4, -0.2) is 53.2 Å². The summed E-state index contributed by atoms with van der Waals surface area (Å²) in [5.41, 5.74) is -2.30. The summed E-state index contributed by atoms with van der Waals surface area (Å²) in [6, 6.07) is 0.235. The Hall–Kier alpha value is -0.750. The van der Waals surface area contributed by atoms with Crippen molar-refractivity contribution in [2.24, 2.45) is 0 Å². The van der Waals surface area contributed by atoms with Crippen LogP contribution in [0.1, 0.15) is 40.0 Å². The minimum atomic E-state index is -3.85. The van der Waals surface area contributed by atoms with Crippen molar-refractivity contribution in [1.29, 1.82) is 0 Å². The molecule has 0 amide bonds. The largest absolute Gasteiger partial charge is 0.461 e. The number of carbonyl (C=O) groups excluding carboxylic acids is 1. The number of esters is 1. The van der Waals surface area contributed by atoms with E-state index in [0.717, 1.165) is 0 Å². The lowest BCUT2D eigenvalue weighted by Crippen LogP contribution is -2.54. The second kappa shape index (κ2) is 6.13. The van der Waals surface area contributed by atoms with Gasteiger partial charge in [-0.1, -0.05) is 0 Å². The molecular weight excluding hydrogens is 256 g/mol. The van der Waals surface area contributed by atoms with Gasteiger partial charge < -0.3 is 14.7 Å². The normalized spacial score (nSPS) is 26.3. The van der Waals surface area contributed by atoms with Crippen molar-refractivity contribution in [2.45, 2.75) is 57.6 Å². The maximum atomic E-state index is 14.0. The van der Waals surface area contributed by atoms with Gasteiger partial charge in [0.05, 0.1) is 6.61 Å². The van der Waals surface area contributed by atoms with Crippen LogP contribution in [-0.2, 0) is 9.53 Å². The van der Waals surface area contributed by atoms with Crippen LogP contribution in [0.15, 0.2) is 0 Å². The highest BCUT2D eigenvalue weighted by Gasteiger charge is 2.59. The molecule has 1 aliphatic rings. The highest BCUT2D eigenvalue weighted by atomic mass is 19.3. The number of likely N-dealkylation sites (tertiary alicyclic amines) is 1. The second-order valence-electron chi connectivity index (χ2n) is 5.31. The van der Waals surface area contributed by atoms with Gasteiger partial charge in [-0.15, -0.1) is 0 Å². The third-order valence-electron chi connectivity index (χ3n) is 3.69. The van der Waals surface area contributed by atoms with Gasteiger partial charge in [0.1, 0.15) is 5.60 Å². The van der Waals surface area contributed by atoms with Crippen molar-refractivity contribution in [3.63, 3.8) is 0 Å². The first-order chi connectivity index (χ1) is 8.74. The average molecular weight is 279 g/mol. The lowest BCUT2D eigenvalue weighted by atomic mass is 9.87. The van der Waals surface area contributed by atoms with Crippen molar-refractivity contribution < 1.29 is 23.4 Å². The Morgan fingerprint density at radius 3 is 2.58 bits per heavy atom. The van der Waals surface area contributed by atoms with Crippen LogP contribution in [0.5, 0.6) is 0 Å². The Kier molecular flexibility index (Phi) is 5.26. The van der Waals surface area contributed by atoms with Crippen LogP contribution in [0, 0.1) is 0 Å². The Balaban J connectivity index is 2.82. The summed E-state index contributed by atoms with van der Waals surface area (Å²) in [5.74, 6) is -5.48. The Morgan fingerprint density at radius 2 is 2.05 bits per heavy atom. The summed E-state index contributed by atoms with van der Waals surface area (Å²) in [4.78, 5) is 13.4. The van der Waals surface area contributed by atoms with Crippen molar-refractivity contribution in [1.82, 2.24) is 4.90 Å². The zero-order valence-corrected chi connectivity index (χ0v) is 11.8. The van der Waals surface area contributed by atoms with E-state index in [9.17, 15) is 18.7 Å². The minimum Gasteiger partial charge on any atom is -0.461 e. The summed E-state index contributed by atoms with van der Waals surface area (Å²) in [5, 5.41) is 10.2. The second-order valence-corrected chi connectivity index (χ2v) is 5.31. The average Bonchev–Trinajstić information content (AvgIpc) is 2.52. The van der Waals surface area contributed by atoms with Crippen LogP contribution >= 0.6 is 0 Å². The minimum absolute atomic E-state index is 0.0952. The molecule has 0 aromatic carbocycles. The summed E-state index contributed by atoms with van der Waals surface area (Å²) in [6.07, 6.45) is 0.211. The van der Waals surface area contributed by atoms with Gasteiger partial charge in [-0.25, -0.2) is 4.79 Å². The molecule has 4 nitrogen and oxygen atoms in total. The highest BCUT2D eigenvalue weighted by Crippen LogP contribution is 2.38. The number of hydrogen-bond acceptors (Lipinski definition) is 4. The van der Waals surface area contributed by atoms with Crippen LogP contribution in [0.4, 0.5) is 8.78 Å². The third kappa shape index (κ3) is 3.42. The van der Waals surface area contributed by atoms with Gasteiger partial charge in [0.15, 0.2) is 0 Å². The first-order valence-corrected chi connectivity index (χ1v) is 6.76. The predicted molar refractivity (Wildman–Crippen MR) is 67.1 cm³/mol. The number of alkyl halides is 2. The van der Waals surface area contributed by atoms with Crippen LogP contribution in [0.3, 0.4) is 0 Å². The molecule has 1 heterocycles. The number of carbonyl (C=O) groups is 1. The molecule has 1 fully saturated rings. The predicted octanol–water partition coefficient (Wildman–Crippen LogP) is 1.81. The summed E-state index contributed by atoms with van der Waals surface area (Å²) < 4.78 is 32.5. The molecule has 6 heteroatoms. The smallest absolute Gasteiger partial charge is 0.380 e. The molecule has 0 bridgehead atoms. The maximum Gasteiger partial charge on any atom is 0.380 e. The Bertz CT molecular complexity index is 323. The fraction of sp³-hybridized carbons (Fsp3) is 0.923. The number of halogens is 2.